The lowest BCUT2D eigenvalue weighted by Crippen LogP contribution is -2.39. The summed E-state index contributed by atoms with van der Waals surface area (Å²) in [4.78, 5) is 40.4. The number of thioether (sulfide) groups is 1. The lowest BCUT2D eigenvalue weighted by Gasteiger charge is -2.27. The van der Waals surface area contributed by atoms with Crippen LogP contribution in [-0.2, 0) is 14.3 Å². The second-order valence-corrected chi connectivity index (χ2v) is 6.67. The average Bonchev–Trinajstić information content (AvgIpc) is 2.96. The molecule has 1 N–H and O–H groups in total. The number of aliphatic imine (C=N–C) groups is 1. The number of carbonyl (C=O) groups excluding carboxylic acids is 2. The molecule has 2 amide bonds. The van der Waals surface area contributed by atoms with Crippen LogP contribution >= 0.6 is 11.8 Å². The van der Waals surface area contributed by atoms with Gasteiger partial charge in [-0.3, -0.25) is 19.7 Å². The van der Waals surface area contributed by atoms with Gasteiger partial charge in [-0.25, -0.2) is 0 Å². The number of anilines is 1. The van der Waals surface area contributed by atoms with Crippen LogP contribution in [0.4, 0.5) is 11.4 Å². The maximum atomic E-state index is 12.1. The molecule has 1 aromatic rings. The molecule has 0 aliphatic carbocycles. The van der Waals surface area contributed by atoms with Gasteiger partial charge in [-0.15, -0.1) is 0 Å². The monoisotopic (exact) mass is 364 g/mol. The van der Waals surface area contributed by atoms with E-state index in [-0.39, 0.29) is 23.9 Å². The van der Waals surface area contributed by atoms with E-state index >= 15 is 0 Å². The van der Waals surface area contributed by atoms with Crippen molar-refractivity contribution in [1.82, 2.24) is 4.90 Å². The van der Waals surface area contributed by atoms with Crippen molar-refractivity contribution in [2.75, 3.05) is 31.6 Å². The molecular formula is C15H16N4O5S. The molecule has 1 aromatic carbocycles. The number of nitro groups is 1. The Bertz CT molecular complexity index is 732. The summed E-state index contributed by atoms with van der Waals surface area (Å²) >= 11 is 1.27. The molecule has 0 radical (unpaired) electrons. The second-order valence-electron chi connectivity index (χ2n) is 5.50. The van der Waals surface area contributed by atoms with Crippen LogP contribution in [0.5, 0.6) is 0 Å². The van der Waals surface area contributed by atoms with Gasteiger partial charge in [-0.2, -0.15) is 4.99 Å². The summed E-state index contributed by atoms with van der Waals surface area (Å²) in [6, 6.07) is 5.67. The van der Waals surface area contributed by atoms with Gasteiger partial charge in [0.2, 0.25) is 5.91 Å². The van der Waals surface area contributed by atoms with Crippen LogP contribution < -0.4 is 5.32 Å². The lowest BCUT2D eigenvalue weighted by atomic mass is 10.2. The van der Waals surface area contributed by atoms with Gasteiger partial charge in [-0.1, -0.05) is 17.8 Å². The Hall–Kier alpha value is -2.46. The van der Waals surface area contributed by atoms with Gasteiger partial charge in [0.15, 0.2) is 5.17 Å². The first-order chi connectivity index (χ1) is 12.0. The first-order valence-corrected chi connectivity index (χ1v) is 8.57. The summed E-state index contributed by atoms with van der Waals surface area (Å²) in [6.45, 7) is 2.52. The van der Waals surface area contributed by atoms with E-state index in [9.17, 15) is 19.7 Å². The highest BCUT2D eigenvalue weighted by molar-refractivity contribution is 8.15. The highest BCUT2D eigenvalue weighted by Gasteiger charge is 2.33. The van der Waals surface area contributed by atoms with Crippen molar-refractivity contribution < 1.29 is 19.2 Å². The molecule has 2 aliphatic heterocycles. The quantitative estimate of drug-likeness (QED) is 0.632. The number of non-ortho nitro benzene ring substituents is 1. The first kappa shape index (κ1) is 17.4. The van der Waals surface area contributed by atoms with Crippen molar-refractivity contribution in [2.24, 2.45) is 4.99 Å². The number of amidine groups is 1. The molecule has 1 fully saturated rings. The minimum atomic E-state index is -0.573. The predicted octanol–water partition coefficient (Wildman–Crippen LogP) is 1.25. The number of nitrogens with one attached hydrogen (secondary N) is 1. The van der Waals surface area contributed by atoms with Crippen molar-refractivity contribution in [3.8, 4) is 0 Å². The lowest BCUT2D eigenvalue weighted by molar-refractivity contribution is -0.384. The zero-order valence-electron chi connectivity index (χ0n) is 13.2. The summed E-state index contributed by atoms with van der Waals surface area (Å²) in [5.41, 5.74) is 0.214. The highest BCUT2D eigenvalue weighted by atomic mass is 32.2. The number of hydrogen-bond donors (Lipinski definition) is 1. The van der Waals surface area contributed by atoms with Crippen LogP contribution in [0.1, 0.15) is 6.42 Å². The van der Waals surface area contributed by atoms with E-state index in [1.807, 2.05) is 4.90 Å². The number of benzene rings is 1. The summed E-state index contributed by atoms with van der Waals surface area (Å²) in [5, 5.41) is 13.4. The van der Waals surface area contributed by atoms with Gasteiger partial charge >= 0.3 is 0 Å². The number of carbonyl (C=O) groups is 2. The average molecular weight is 364 g/mol. The molecule has 2 aliphatic rings. The molecule has 132 valence electrons. The molecular weight excluding hydrogens is 348 g/mol. The first-order valence-electron chi connectivity index (χ1n) is 7.69. The molecule has 0 saturated carbocycles. The number of morpholine rings is 1. The van der Waals surface area contributed by atoms with E-state index in [2.05, 4.69) is 10.3 Å². The van der Waals surface area contributed by atoms with Gasteiger partial charge in [0, 0.05) is 37.3 Å². The van der Waals surface area contributed by atoms with Crippen molar-refractivity contribution >= 4 is 40.1 Å². The van der Waals surface area contributed by atoms with E-state index in [1.54, 1.807) is 6.07 Å². The Morgan fingerprint density at radius 3 is 2.92 bits per heavy atom. The minimum absolute atomic E-state index is 0.0382. The predicted molar refractivity (Wildman–Crippen MR) is 92.6 cm³/mol. The van der Waals surface area contributed by atoms with Crippen molar-refractivity contribution in [2.45, 2.75) is 11.7 Å². The number of ether oxygens (including phenoxy) is 1. The topological polar surface area (TPSA) is 114 Å². The Balaban J connectivity index is 1.56. The standard InChI is InChI=1S/C15H16N4O5S/c20-13(16-10-2-1-3-11(8-10)19(22)23)9-12-14(21)17-15(25-12)18-4-6-24-7-5-18/h1-3,8,12H,4-7,9H2,(H,16,20)/t12-/m0/s1. The molecule has 0 bridgehead atoms. The van der Waals surface area contributed by atoms with E-state index in [0.29, 0.717) is 37.2 Å². The van der Waals surface area contributed by atoms with Crippen LogP contribution in [0, 0.1) is 10.1 Å². The molecule has 0 spiro atoms. The summed E-state index contributed by atoms with van der Waals surface area (Å²) in [5.74, 6) is -0.717. The van der Waals surface area contributed by atoms with Crippen LogP contribution in [-0.4, -0.2) is 58.4 Å². The smallest absolute Gasteiger partial charge is 0.271 e. The van der Waals surface area contributed by atoms with Crippen LogP contribution in [0.25, 0.3) is 0 Å². The van der Waals surface area contributed by atoms with Crippen molar-refractivity contribution in [1.29, 1.82) is 0 Å². The summed E-state index contributed by atoms with van der Waals surface area (Å²) in [6.07, 6.45) is -0.0382. The van der Waals surface area contributed by atoms with Gasteiger partial charge in [-0.05, 0) is 6.07 Å². The largest absolute Gasteiger partial charge is 0.378 e. The number of nitrogens with zero attached hydrogens (tertiary/aromatic N) is 3. The molecule has 1 atom stereocenters. The Labute approximate surface area is 147 Å². The third-order valence-electron chi connectivity index (χ3n) is 3.72. The van der Waals surface area contributed by atoms with Crippen molar-refractivity contribution in [3.05, 3.63) is 34.4 Å². The SMILES string of the molecule is O=C(C[C@@H]1SC(N2CCOCC2)=NC1=O)Nc1cccc([N+](=O)[O-])c1. The minimum Gasteiger partial charge on any atom is -0.378 e. The fourth-order valence-electron chi connectivity index (χ4n) is 2.48. The molecule has 25 heavy (non-hydrogen) atoms. The van der Waals surface area contributed by atoms with Gasteiger partial charge in [0.1, 0.15) is 5.25 Å². The zero-order chi connectivity index (χ0) is 17.8. The van der Waals surface area contributed by atoms with Gasteiger partial charge < -0.3 is 15.0 Å². The van der Waals surface area contributed by atoms with Crippen LogP contribution in [0.2, 0.25) is 0 Å². The van der Waals surface area contributed by atoms with E-state index < -0.39 is 10.2 Å². The van der Waals surface area contributed by atoms with Gasteiger partial charge in [0.05, 0.1) is 18.1 Å². The second kappa shape index (κ2) is 7.62. The number of amides is 2. The van der Waals surface area contributed by atoms with E-state index in [1.165, 1.54) is 30.0 Å². The zero-order valence-corrected chi connectivity index (χ0v) is 14.0. The molecule has 2 heterocycles. The summed E-state index contributed by atoms with van der Waals surface area (Å²) in [7, 11) is 0. The molecule has 9 nitrogen and oxygen atoms in total. The normalized spacial score (nSPS) is 20.3. The summed E-state index contributed by atoms with van der Waals surface area (Å²) < 4.78 is 5.27. The van der Waals surface area contributed by atoms with E-state index in [0.717, 1.165) is 0 Å². The Kier molecular flexibility index (Phi) is 5.29. The number of nitro benzene ring substituents is 1. The van der Waals surface area contributed by atoms with E-state index in [4.69, 9.17) is 4.74 Å². The molecule has 0 aromatic heterocycles. The maximum Gasteiger partial charge on any atom is 0.271 e. The molecule has 3 rings (SSSR count). The molecule has 10 heteroatoms. The van der Waals surface area contributed by atoms with Crippen LogP contribution in [0.3, 0.4) is 0 Å². The third-order valence-corrected chi connectivity index (χ3v) is 4.94. The Morgan fingerprint density at radius 1 is 1.44 bits per heavy atom. The molecule has 1 saturated heterocycles. The molecule has 0 unspecified atom stereocenters. The fraction of sp³-hybridized carbons (Fsp3) is 0.400. The number of rotatable bonds is 4. The van der Waals surface area contributed by atoms with Crippen molar-refractivity contribution in [3.63, 3.8) is 0 Å². The van der Waals surface area contributed by atoms with Crippen LogP contribution in [0.15, 0.2) is 29.3 Å². The Morgan fingerprint density at radius 2 is 2.20 bits per heavy atom. The third kappa shape index (κ3) is 4.34. The maximum absolute atomic E-state index is 12.1. The number of hydrogen-bond acceptors (Lipinski definition) is 7. The fourth-order valence-corrected chi connectivity index (χ4v) is 3.59. The highest BCUT2D eigenvalue weighted by Crippen LogP contribution is 2.28. The van der Waals surface area contributed by atoms with Gasteiger partial charge in [0.25, 0.3) is 11.6 Å².